The normalized spacial score (nSPS) is 16.5. The van der Waals surface area contributed by atoms with E-state index in [0.29, 0.717) is 5.92 Å². The van der Waals surface area contributed by atoms with E-state index in [4.69, 9.17) is 0 Å². The molecule has 1 aliphatic rings. The summed E-state index contributed by atoms with van der Waals surface area (Å²) in [6.45, 7) is 0. The summed E-state index contributed by atoms with van der Waals surface area (Å²) in [7, 11) is 0. The number of hydrogen-bond donors (Lipinski definition) is 1. The van der Waals surface area contributed by atoms with Crippen molar-refractivity contribution in [2.45, 2.75) is 38.0 Å². The van der Waals surface area contributed by atoms with Gasteiger partial charge in [-0.05, 0) is 30.5 Å². The van der Waals surface area contributed by atoms with Gasteiger partial charge in [0.1, 0.15) is 5.82 Å². The molecule has 1 saturated carbocycles. The fraction of sp³-hybridized carbons (Fsp3) is 0.462. The number of H-pyrrole nitrogens is 1. The Balaban J connectivity index is 1.72. The third kappa shape index (κ3) is 2.35. The fourth-order valence-corrected chi connectivity index (χ4v) is 2.45. The molecule has 0 spiro atoms. The van der Waals surface area contributed by atoms with Crippen LogP contribution in [0.4, 0.5) is 0 Å². The zero-order valence-corrected chi connectivity index (χ0v) is 9.76. The number of aromatic amines is 1. The highest BCUT2D eigenvalue weighted by molar-refractivity contribution is 5.15. The van der Waals surface area contributed by atoms with Crippen molar-refractivity contribution in [2.24, 2.45) is 0 Å². The van der Waals surface area contributed by atoms with E-state index in [2.05, 4.69) is 20.2 Å². The van der Waals surface area contributed by atoms with Crippen LogP contribution >= 0.6 is 0 Å². The van der Waals surface area contributed by atoms with E-state index in [1.54, 1.807) is 0 Å². The molecule has 2 aromatic heterocycles. The summed E-state index contributed by atoms with van der Waals surface area (Å²) in [6.07, 6.45) is 9.55. The molecule has 0 saturated heterocycles. The van der Waals surface area contributed by atoms with Crippen LogP contribution in [0.1, 0.15) is 48.8 Å². The molecule has 1 N–H and O–H groups in total. The molecule has 4 heteroatoms. The van der Waals surface area contributed by atoms with Crippen molar-refractivity contribution in [2.75, 3.05) is 0 Å². The van der Waals surface area contributed by atoms with E-state index in [1.807, 2.05) is 24.5 Å². The average Bonchev–Trinajstić information content (AvgIpc) is 3.00. The van der Waals surface area contributed by atoms with Crippen molar-refractivity contribution >= 4 is 0 Å². The number of aromatic nitrogens is 4. The number of nitrogens with zero attached hydrogens (tertiary/aromatic N) is 3. The Kier molecular flexibility index (Phi) is 2.86. The van der Waals surface area contributed by atoms with Crippen molar-refractivity contribution in [3.05, 3.63) is 41.7 Å². The van der Waals surface area contributed by atoms with Crippen LogP contribution in [0.5, 0.6) is 0 Å². The lowest BCUT2D eigenvalue weighted by Crippen LogP contribution is -1.95. The quantitative estimate of drug-likeness (QED) is 0.877. The average molecular weight is 228 g/mol. The summed E-state index contributed by atoms with van der Waals surface area (Å²) in [5.41, 5.74) is 1.22. The molecule has 1 aliphatic carbocycles. The molecular formula is C13H16N4. The summed E-state index contributed by atoms with van der Waals surface area (Å²) in [4.78, 5) is 8.61. The predicted molar refractivity (Wildman–Crippen MR) is 64.6 cm³/mol. The van der Waals surface area contributed by atoms with Gasteiger partial charge in [0.05, 0.1) is 0 Å². The first-order valence-electron chi connectivity index (χ1n) is 6.22. The third-order valence-electron chi connectivity index (χ3n) is 3.39. The molecule has 17 heavy (non-hydrogen) atoms. The maximum Gasteiger partial charge on any atom is 0.153 e. The third-order valence-corrected chi connectivity index (χ3v) is 3.39. The first kappa shape index (κ1) is 10.4. The Morgan fingerprint density at radius 2 is 1.94 bits per heavy atom. The van der Waals surface area contributed by atoms with Crippen LogP contribution in [0.2, 0.25) is 0 Å². The second-order valence-corrected chi connectivity index (χ2v) is 4.65. The van der Waals surface area contributed by atoms with Crippen molar-refractivity contribution in [1.82, 2.24) is 20.2 Å². The molecule has 4 nitrogen and oxygen atoms in total. The van der Waals surface area contributed by atoms with Crippen molar-refractivity contribution < 1.29 is 0 Å². The van der Waals surface area contributed by atoms with Gasteiger partial charge in [-0.1, -0.05) is 12.8 Å². The number of nitrogens with one attached hydrogen (secondary N) is 1. The number of rotatable bonds is 3. The van der Waals surface area contributed by atoms with Gasteiger partial charge in [0, 0.05) is 24.7 Å². The summed E-state index contributed by atoms with van der Waals surface area (Å²) in [5.74, 6) is 2.54. The Bertz CT molecular complexity index is 471. The van der Waals surface area contributed by atoms with Gasteiger partial charge in [0.25, 0.3) is 0 Å². The smallest absolute Gasteiger partial charge is 0.153 e. The standard InChI is InChI=1S/C13H16N4/c1-2-4-11(3-1)13-15-12(16-17-13)9-10-5-7-14-8-6-10/h5-8,11H,1-4,9H2,(H,15,16,17). The first-order valence-corrected chi connectivity index (χ1v) is 6.22. The maximum atomic E-state index is 4.60. The lowest BCUT2D eigenvalue weighted by atomic mass is 10.1. The molecule has 0 aromatic carbocycles. The Hall–Kier alpha value is -1.71. The van der Waals surface area contributed by atoms with Gasteiger partial charge in [0.15, 0.2) is 5.82 Å². The lowest BCUT2D eigenvalue weighted by Gasteiger charge is -2.00. The minimum Gasteiger partial charge on any atom is -0.265 e. The molecule has 0 amide bonds. The van der Waals surface area contributed by atoms with Gasteiger partial charge in [-0.3, -0.25) is 10.1 Å². The van der Waals surface area contributed by atoms with Crippen molar-refractivity contribution in [1.29, 1.82) is 0 Å². The molecule has 0 aliphatic heterocycles. The van der Waals surface area contributed by atoms with E-state index in [-0.39, 0.29) is 0 Å². The lowest BCUT2D eigenvalue weighted by molar-refractivity contribution is 0.671. The Labute approximate surface area is 101 Å². The Morgan fingerprint density at radius 3 is 2.71 bits per heavy atom. The summed E-state index contributed by atoms with van der Waals surface area (Å²) >= 11 is 0. The highest BCUT2D eigenvalue weighted by atomic mass is 15.2. The Morgan fingerprint density at radius 1 is 1.18 bits per heavy atom. The first-order chi connectivity index (χ1) is 8.42. The van der Waals surface area contributed by atoms with Crippen molar-refractivity contribution in [3.8, 4) is 0 Å². The zero-order chi connectivity index (χ0) is 11.5. The molecule has 0 atom stereocenters. The van der Waals surface area contributed by atoms with Crippen molar-refractivity contribution in [3.63, 3.8) is 0 Å². The molecule has 2 aromatic rings. The number of pyridine rings is 1. The van der Waals surface area contributed by atoms with Gasteiger partial charge in [-0.2, -0.15) is 5.10 Å². The van der Waals surface area contributed by atoms with Crippen LogP contribution in [0.15, 0.2) is 24.5 Å². The molecule has 0 unspecified atom stereocenters. The molecule has 0 radical (unpaired) electrons. The van der Waals surface area contributed by atoms with E-state index in [1.165, 1.54) is 31.2 Å². The molecule has 1 fully saturated rings. The van der Waals surface area contributed by atoms with E-state index < -0.39 is 0 Å². The molecule has 2 heterocycles. The van der Waals surface area contributed by atoms with Crippen LogP contribution in [0.25, 0.3) is 0 Å². The SMILES string of the molecule is c1cc(Cc2nc(C3CCCC3)n[nH]2)ccn1. The van der Waals surface area contributed by atoms with Crippen LogP contribution in [0.3, 0.4) is 0 Å². The largest absolute Gasteiger partial charge is 0.265 e. The highest BCUT2D eigenvalue weighted by Gasteiger charge is 2.20. The van der Waals surface area contributed by atoms with Gasteiger partial charge in [-0.15, -0.1) is 0 Å². The second-order valence-electron chi connectivity index (χ2n) is 4.65. The van der Waals surface area contributed by atoms with Gasteiger partial charge < -0.3 is 0 Å². The van der Waals surface area contributed by atoms with Crippen LogP contribution in [-0.4, -0.2) is 20.2 Å². The fourth-order valence-electron chi connectivity index (χ4n) is 2.45. The van der Waals surface area contributed by atoms with Gasteiger partial charge >= 0.3 is 0 Å². The van der Waals surface area contributed by atoms with E-state index in [0.717, 1.165) is 18.1 Å². The van der Waals surface area contributed by atoms with Gasteiger partial charge in [0.2, 0.25) is 0 Å². The minimum atomic E-state index is 0.581. The monoisotopic (exact) mass is 228 g/mol. The summed E-state index contributed by atoms with van der Waals surface area (Å²) in [5, 5.41) is 7.39. The number of hydrogen-bond acceptors (Lipinski definition) is 3. The highest BCUT2D eigenvalue weighted by Crippen LogP contribution is 2.31. The van der Waals surface area contributed by atoms with Gasteiger partial charge in [-0.25, -0.2) is 4.98 Å². The minimum absolute atomic E-state index is 0.581. The maximum absolute atomic E-state index is 4.60. The molecule has 0 bridgehead atoms. The van der Waals surface area contributed by atoms with Crippen LogP contribution < -0.4 is 0 Å². The summed E-state index contributed by atoms with van der Waals surface area (Å²) in [6, 6.07) is 4.02. The van der Waals surface area contributed by atoms with Crippen LogP contribution in [0, 0.1) is 0 Å². The molecule has 3 rings (SSSR count). The molecular weight excluding hydrogens is 212 g/mol. The zero-order valence-electron chi connectivity index (χ0n) is 9.76. The topological polar surface area (TPSA) is 54.5 Å². The molecule has 88 valence electrons. The van der Waals surface area contributed by atoms with E-state index >= 15 is 0 Å². The van der Waals surface area contributed by atoms with E-state index in [9.17, 15) is 0 Å². The second kappa shape index (κ2) is 4.65. The summed E-state index contributed by atoms with van der Waals surface area (Å²) < 4.78 is 0. The van der Waals surface area contributed by atoms with Crippen LogP contribution in [-0.2, 0) is 6.42 Å². The predicted octanol–water partition coefficient (Wildman–Crippen LogP) is 2.45.